The molecule has 0 unspecified atom stereocenters. The molecular weight excluding hydrogens is 248 g/mol. The van der Waals surface area contributed by atoms with E-state index in [2.05, 4.69) is 5.32 Å². The number of aryl methyl sites for hydroxylation is 2. The van der Waals surface area contributed by atoms with Crippen molar-refractivity contribution in [3.8, 4) is 0 Å². The zero-order valence-corrected chi connectivity index (χ0v) is 12.0. The fraction of sp³-hybridized carbons (Fsp3) is 0.538. The molecule has 1 aromatic rings. The summed E-state index contributed by atoms with van der Waals surface area (Å²) >= 11 is 1.50. The van der Waals surface area contributed by atoms with E-state index in [0.29, 0.717) is 18.0 Å². The van der Waals surface area contributed by atoms with Gasteiger partial charge in [0.2, 0.25) is 5.91 Å². The highest BCUT2D eigenvalue weighted by atomic mass is 32.1. The van der Waals surface area contributed by atoms with Crippen molar-refractivity contribution in [2.75, 3.05) is 13.1 Å². The Morgan fingerprint density at radius 1 is 1.44 bits per heavy atom. The third-order valence-electron chi connectivity index (χ3n) is 3.47. The van der Waals surface area contributed by atoms with Crippen LogP contribution < -0.4 is 5.32 Å². The molecule has 2 amide bonds. The van der Waals surface area contributed by atoms with Gasteiger partial charge in [0, 0.05) is 18.0 Å². The van der Waals surface area contributed by atoms with Gasteiger partial charge in [0.05, 0.1) is 4.88 Å². The highest BCUT2D eigenvalue weighted by molar-refractivity contribution is 7.14. The Balaban J connectivity index is 2.30. The van der Waals surface area contributed by atoms with Crippen LogP contribution in [0.1, 0.15) is 34.0 Å². The molecule has 0 spiro atoms. The summed E-state index contributed by atoms with van der Waals surface area (Å²) in [6.07, 6.45) is 0. The summed E-state index contributed by atoms with van der Waals surface area (Å²) in [7, 11) is 0. The van der Waals surface area contributed by atoms with E-state index in [0.717, 1.165) is 10.4 Å². The van der Waals surface area contributed by atoms with Gasteiger partial charge in [0.15, 0.2) is 0 Å². The Morgan fingerprint density at radius 2 is 2.11 bits per heavy atom. The lowest BCUT2D eigenvalue weighted by Crippen LogP contribution is -2.63. The molecule has 1 N–H and O–H groups in total. The molecule has 18 heavy (non-hydrogen) atoms. The zero-order chi connectivity index (χ0) is 13.5. The first-order chi connectivity index (χ1) is 8.34. The van der Waals surface area contributed by atoms with E-state index in [-0.39, 0.29) is 11.8 Å². The van der Waals surface area contributed by atoms with E-state index in [9.17, 15) is 9.59 Å². The van der Waals surface area contributed by atoms with Crippen molar-refractivity contribution >= 4 is 23.2 Å². The van der Waals surface area contributed by atoms with Crippen molar-refractivity contribution in [3.05, 3.63) is 21.4 Å². The predicted molar refractivity (Wildman–Crippen MR) is 71.9 cm³/mol. The van der Waals surface area contributed by atoms with Gasteiger partial charge < -0.3 is 10.2 Å². The van der Waals surface area contributed by atoms with Gasteiger partial charge in [-0.2, -0.15) is 0 Å². The van der Waals surface area contributed by atoms with Gasteiger partial charge in [0.1, 0.15) is 5.54 Å². The first kappa shape index (κ1) is 13.1. The third kappa shape index (κ3) is 2.03. The second-order valence-corrected chi connectivity index (χ2v) is 6.38. The quantitative estimate of drug-likeness (QED) is 0.841. The van der Waals surface area contributed by atoms with Crippen LogP contribution in [0.4, 0.5) is 0 Å². The van der Waals surface area contributed by atoms with Crippen LogP contribution in [0.5, 0.6) is 0 Å². The second-order valence-electron chi connectivity index (χ2n) is 5.12. The van der Waals surface area contributed by atoms with E-state index in [1.807, 2.05) is 19.9 Å². The van der Waals surface area contributed by atoms with Gasteiger partial charge in [-0.05, 0) is 39.3 Å². The van der Waals surface area contributed by atoms with Gasteiger partial charge in [-0.1, -0.05) is 0 Å². The number of carbonyl (C=O) groups is 2. The molecule has 0 aliphatic carbocycles. The standard InChI is InChI=1S/C13H18N2O2S/c1-8-7-10(18-9(8)2)11(16)15-6-5-14-12(17)13(15,3)4/h7H,5-6H2,1-4H3,(H,14,17). The molecule has 0 saturated carbocycles. The molecule has 0 bridgehead atoms. The van der Waals surface area contributed by atoms with Crippen molar-refractivity contribution < 1.29 is 9.59 Å². The Hall–Kier alpha value is -1.36. The minimum atomic E-state index is -0.777. The van der Waals surface area contributed by atoms with Crippen molar-refractivity contribution in [2.24, 2.45) is 0 Å². The topological polar surface area (TPSA) is 49.4 Å². The Kier molecular flexibility index (Phi) is 3.19. The molecule has 4 nitrogen and oxygen atoms in total. The van der Waals surface area contributed by atoms with Crippen LogP contribution in [-0.2, 0) is 4.79 Å². The fourth-order valence-corrected chi connectivity index (χ4v) is 3.05. The van der Waals surface area contributed by atoms with E-state index in [4.69, 9.17) is 0 Å². The molecule has 1 aromatic heterocycles. The number of nitrogens with one attached hydrogen (secondary N) is 1. The normalized spacial score (nSPS) is 18.7. The van der Waals surface area contributed by atoms with Crippen LogP contribution in [0.25, 0.3) is 0 Å². The molecular formula is C13H18N2O2S. The monoisotopic (exact) mass is 266 g/mol. The van der Waals surface area contributed by atoms with E-state index >= 15 is 0 Å². The number of hydrogen-bond donors (Lipinski definition) is 1. The number of nitrogens with zero attached hydrogens (tertiary/aromatic N) is 1. The maximum absolute atomic E-state index is 12.5. The Morgan fingerprint density at radius 3 is 2.67 bits per heavy atom. The number of rotatable bonds is 1. The summed E-state index contributed by atoms with van der Waals surface area (Å²) in [5.74, 6) is -0.136. The molecule has 1 saturated heterocycles. The van der Waals surface area contributed by atoms with Gasteiger partial charge >= 0.3 is 0 Å². The largest absolute Gasteiger partial charge is 0.352 e. The molecule has 0 atom stereocenters. The summed E-state index contributed by atoms with van der Waals surface area (Å²) in [6.45, 7) is 8.66. The SMILES string of the molecule is Cc1cc(C(=O)N2CCNC(=O)C2(C)C)sc1C. The minimum Gasteiger partial charge on any atom is -0.352 e. The summed E-state index contributed by atoms with van der Waals surface area (Å²) in [4.78, 5) is 27.8. The maximum Gasteiger partial charge on any atom is 0.264 e. The zero-order valence-electron chi connectivity index (χ0n) is 11.2. The van der Waals surface area contributed by atoms with Gasteiger partial charge in [0.25, 0.3) is 5.91 Å². The fourth-order valence-electron chi connectivity index (χ4n) is 2.07. The van der Waals surface area contributed by atoms with Crippen LogP contribution in [0.2, 0.25) is 0 Å². The van der Waals surface area contributed by atoms with Crippen molar-refractivity contribution in [1.82, 2.24) is 10.2 Å². The molecule has 1 aliphatic rings. The first-order valence-corrected chi connectivity index (χ1v) is 6.83. The van der Waals surface area contributed by atoms with E-state index < -0.39 is 5.54 Å². The number of piperazine rings is 1. The predicted octanol–water partition coefficient (Wildman–Crippen LogP) is 1.72. The smallest absolute Gasteiger partial charge is 0.264 e. The first-order valence-electron chi connectivity index (χ1n) is 6.01. The molecule has 0 aromatic carbocycles. The average Bonchev–Trinajstić information content (AvgIpc) is 2.62. The Bertz CT molecular complexity index is 486. The summed E-state index contributed by atoms with van der Waals surface area (Å²) in [5.41, 5.74) is 0.351. The molecule has 0 radical (unpaired) electrons. The van der Waals surface area contributed by atoms with Gasteiger partial charge in [-0.3, -0.25) is 9.59 Å². The highest BCUT2D eigenvalue weighted by Crippen LogP contribution is 2.26. The average molecular weight is 266 g/mol. The number of amides is 2. The Labute approximate surface area is 111 Å². The van der Waals surface area contributed by atoms with Crippen molar-refractivity contribution in [3.63, 3.8) is 0 Å². The van der Waals surface area contributed by atoms with E-state index in [1.54, 1.807) is 18.7 Å². The summed E-state index contributed by atoms with van der Waals surface area (Å²) in [5, 5.41) is 2.80. The lowest BCUT2D eigenvalue weighted by molar-refractivity contribution is -0.133. The van der Waals surface area contributed by atoms with Crippen LogP contribution in [0, 0.1) is 13.8 Å². The molecule has 5 heteroatoms. The van der Waals surface area contributed by atoms with Crippen LogP contribution in [-0.4, -0.2) is 35.3 Å². The van der Waals surface area contributed by atoms with Gasteiger partial charge in [-0.15, -0.1) is 11.3 Å². The van der Waals surface area contributed by atoms with Crippen LogP contribution in [0.15, 0.2) is 6.07 Å². The summed E-state index contributed by atoms with van der Waals surface area (Å²) in [6, 6.07) is 1.91. The molecule has 2 heterocycles. The third-order valence-corrected chi connectivity index (χ3v) is 4.61. The molecule has 1 aliphatic heterocycles. The lowest BCUT2D eigenvalue weighted by atomic mass is 9.98. The van der Waals surface area contributed by atoms with Crippen molar-refractivity contribution in [1.29, 1.82) is 0 Å². The van der Waals surface area contributed by atoms with E-state index in [1.165, 1.54) is 11.3 Å². The minimum absolute atomic E-state index is 0.0453. The lowest BCUT2D eigenvalue weighted by Gasteiger charge is -2.40. The second kappa shape index (κ2) is 4.39. The molecule has 1 fully saturated rings. The van der Waals surface area contributed by atoms with Crippen LogP contribution in [0.3, 0.4) is 0 Å². The molecule has 98 valence electrons. The van der Waals surface area contributed by atoms with Crippen LogP contribution >= 0.6 is 11.3 Å². The highest BCUT2D eigenvalue weighted by Gasteiger charge is 2.41. The summed E-state index contributed by atoms with van der Waals surface area (Å²) < 4.78 is 0. The maximum atomic E-state index is 12.5. The number of thiophene rings is 1. The van der Waals surface area contributed by atoms with Crippen molar-refractivity contribution in [2.45, 2.75) is 33.2 Å². The molecule has 2 rings (SSSR count). The number of hydrogen-bond acceptors (Lipinski definition) is 3. The van der Waals surface area contributed by atoms with Gasteiger partial charge in [-0.25, -0.2) is 0 Å². The number of carbonyl (C=O) groups excluding carboxylic acids is 2.